The van der Waals surface area contributed by atoms with Gasteiger partial charge in [-0.25, -0.2) is 0 Å². The van der Waals surface area contributed by atoms with Gasteiger partial charge in [-0.05, 0) is 18.2 Å². The van der Waals surface area contributed by atoms with Gasteiger partial charge in [0.25, 0.3) is 0 Å². The topological polar surface area (TPSA) is 43.1 Å². The average Bonchev–Trinajstić information content (AvgIpc) is 2.65. The molecule has 3 rings (SSSR count). The van der Waals surface area contributed by atoms with E-state index < -0.39 is 0 Å². The minimum atomic E-state index is 0.449. The van der Waals surface area contributed by atoms with Crippen LogP contribution in [0.1, 0.15) is 0 Å². The molecule has 0 aliphatic carbocycles. The summed E-state index contributed by atoms with van der Waals surface area (Å²) in [5, 5.41) is 14.2. The van der Waals surface area contributed by atoms with Crippen LogP contribution in [0.3, 0.4) is 0 Å². The van der Waals surface area contributed by atoms with Gasteiger partial charge in [0, 0.05) is 15.2 Å². The summed E-state index contributed by atoms with van der Waals surface area (Å²) in [6.07, 6.45) is 1.53. The predicted octanol–water partition coefficient (Wildman–Crippen LogP) is 2.69. The number of rotatable bonds is 0. The third kappa shape index (κ3) is 1.31. The lowest BCUT2D eigenvalue weighted by molar-refractivity contribution is 0.936. The molecule has 0 N–H and O–H groups in total. The van der Waals surface area contributed by atoms with Crippen molar-refractivity contribution >= 4 is 44.0 Å². The van der Waals surface area contributed by atoms with Gasteiger partial charge in [0.05, 0.1) is 0 Å². The molecule has 1 aromatic carbocycles. The highest BCUT2D eigenvalue weighted by Crippen LogP contribution is 2.26. The van der Waals surface area contributed by atoms with Crippen molar-refractivity contribution in [3.8, 4) is 0 Å². The fourth-order valence-corrected chi connectivity index (χ4v) is 2.12. The highest BCUT2D eigenvalue weighted by Gasteiger charge is 2.08. The Morgan fingerprint density at radius 1 is 1.27 bits per heavy atom. The van der Waals surface area contributed by atoms with Gasteiger partial charge in [-0.15, -0.1) is 10.2 Å². The molecule has 0 unspecified atom stereocenters. The summed E-state index contributed by atoms with van der Waals surface area (Å²) in [7, 11) is 0. The van der Waals surface area contributed by atoms with Crippen LogP contribution >= 0.6 is 27.5 Å². The van der Waals surface area contributed by atoms with Crippen molar-refractivity contribution in [3.05, 3.63) is 34.2 Å². The summed E-state index contributed by atoms with van der Waals surface area (Å²) in [6.45, 7) is 0. The zero-order valence-electron chi connectivity index (χ0n) is 7.35. The van der Waals surface area contributed by atoms with Crippen LogP contribution in [-0.4, -0.2) is 19.8 Å². The van der Waals surface area contributed by atoms with Crippen LogP contribution in [0.2, 0.25) is 5.15 Å². The van der Waals surface area contributed by atoms with Crippen LogP contribution in [0.5, 0.6) is 0 Å². The van der Waals surface area contributed by atoms with Gasteiger partial charge in [0.2, 0.25) is 0 Å². The third-order valence-corrected chi connectivity index (χ3v) is 2.94. The molecule has 3 aromatic rings. The number of aromatic nitrogens is 4. The lowest BCUT2D eigenvalue weighted by Crippen LogP contribution is -1.92. The zero-order valence-corrected chi connectivity index (χ0v) is 9.70. The fourth-order valence-electron chi connectivity index (χ4n) is 1.51. The van der Waals surface area contributed by atoms with Crippen LogP contribution in [0, 0.1) is 0 Å². The number of hydrogen-bond acceptors (Lipinski definition) is 3. The molecule has 2 heterocycles. The smallest absolute Gasteiger partial charge is 0.185 e. The molecular formula is C9H4BrClN4. The molecule has 6 heteroatoms. The number of halogens is 2. The first kappa shape index (κ1) is 9.06. The van der Waals surface area contributed by atoms with Gasteiger partial charge >= 0.3 is 0 Å². The molecule has 4 nitrogen and oxygen atoms in total. The van der Waals surface area contributed by atoms with Gasteiger partial charge in [-0.3, -0.25) is 0 Å². The summed E-state index contributed by atoms with van der Waals surface area (Å²) in [6, 6.07) is 5.78. The maximum absolute atomic E-state index is 6.04. The predicted molar refractivity (Wildman–Crippen MR) is 61.0 cm³/mol. The lowest BCUT2D eigenvalue weighted by Gasteiger charge is -2.01. The molecule has 0 amide bonds. The van der Waals surface area contributed by atoms with Gasteiger partial charge in [0.15, 0.2) is 10.8 Å². The lowest BCUT2D eigenvalue weighted by atomic mass is 10.2. The van der Waals surface area contributed by atoms with E-state index in [1.54, 1.807) is 4.52 Å². The van der Waals surface area contributed by atoms with E-state index in [2.05, 4.69) is 31.2 Å². The highest BCUT2D eigenvalue weighted by molar-refractivity contribution is 9.10. The molecule has 0 aliphatic rings. The number of benzene rings is 1. The first-order valence-corrected chi connectivity index (χ1v) is 5.37. The Morgan fingerprint density at radius 2 is 2.13 bits per heavy atom. The normalized spacial score (nSPS) is 11.3. The van der Waals surface area contributed by atoms with E-state index >= 15 is 0 Å². The van der Waals surface area contributed by atoms with Crippen LogP contribution in [0.25, 0.3) is 16.4 Å². The summed E-state index contributed by atoms with van der Waals surface area (Å²) in [4.78, 5) is 0. The summed E-state index contributed by atoms with van der Waals surface area (Å²) in [5.41, 5.74) is 0.704. The maximum atomic E-state index is 6.04. The molecule has 0 radical (unpaired) electrons. The quantitative estimate of drug-likeness (QED) is 0.637. The van der Waals surface area contributed by atoms with Crippen molar-refractivity contribution in [3.63, 3.8) is 0 Å². The van der Waals surface area contributed by atoms with E-state index in [4.69, 9.17) is 11.6 Å². The Balaban J connectivity index is 2.63. The fraction of sp³-hybridized carbons (Fsp3) is 0. The standard InChI is InChI=1S/C9H4BrClN4/c10-5-1-2-6-7(3-5)9-13-12-4-15(9)14-8(6)11/h1-4H. The SMILES string of the molecule is Clc1nn2cnnc2c2cc(Br)ccc12. The van der Waals surface area contributed by atoms with Crippen molar-refractivity contribution in [2.45, 2.75) is 0 Å². The zero-order chi connectivity index (χ0) is 10.4. The molecule has 74 valence electrons. The average molecular weight is 284 g/mol. The first-order chi connectivity index (χ1) is 7.25. The van der Waals surface area contributed by atoms with Gasteiger partial charge < -0.3 is 0 Å². The minimum Gasteiger partial charge on any atom is -0.198 e. The Kier molecular flexibility index (Phi) is 1.90. The van der Waals surface area contributed by atoms with E-state index in [1.165, 1.54) is 6.33 Å². The first-order valence-electron chi connectivity index (χ1n) is 4.20. The molecular weight excluding hydrogens is 279 g/mol. The van der Waals surface area contributed by atoms with Crippen LogP contribution in [-0.2, 0) is 0 Å². The number of nitrogens with zero attached hydrogens (tertiary/aromatic N) is 4. The molecule has 0 aliphatic heterocycles. The number of hydrogen-bond donors (Lipinski definition) is 0. The summed E-state index contributed by atoms with van der Waals surface area (Å²) in [5.74, 6) is 0. The molecule has 0 saturated heterocycles. The van der Waals surface area contributed by atoms with Gasteiger partial charge in [-0.1, -0.05) is 27.5 Å². The molecule has 0 saturated carbocycles. The number of fused-ring (bicyclic) bond motifs is 3. The van der Waals surface area contributed by atoms with E-state index in [-0.39, 0.29) is 0 Å². The van der Waals surface area contributed by atoms with Crippen molar-refractivity contribution in [1.82, 2.24) is 19.8 Å². The second-order valence-electron chi connectivity index (χ2n) is 3.08. The van der Waals surface area contributed by atoms with Crippen LogP contribution in [0.4, 0.5) is 0 Å². The monoisotopic (exact) mass is 282 g/mol. The van der Waals surface area contributed by atoms with E-state index in [0.29, 0.717) is 10.8 Å². The Morgan fingerprint density at radius 3 is 3.00 bits per heavy atom. The van der Waals surface area contributed by atoms with Crippen molar-refractivity contribution < 1.29 is 0 Å². The maximum Gasteiger partial charge on any atom is 0.185 e. The van der Waals surface area contributed by atoms with Crippen LogP contribution < -0.4 is 0 Å². The molecule has 0 spiro atoms. The molecule has 0 fully saturated rings. The Hall–Kier alpha value is -1.20. The van der Waals surface area contributed by atoms with Gasteiger partial charge in [0.1, 0.15) is 6.33 Å². The summed E-state index contributed by atoms with van der Waals surface area (Å²) < 4.78 is 2.54. The van der Waals surface area contributed by atoms with Crippen LogP contribution in [0.15, 0.2) is 29.0 Å². The largest absolute Gasteiger partial charge is 0.198 e. The van der Waals surface area contributed by atoms with E-state index in [0.717, 1.165) is 15.2 Å². The highest BCUT2D eigenvalue weighted by atomic mass is 79.9. The van der Waals surface area contributed by atoms with Gasteiger partial charge in [-0.2, -0.15) is 9.61 Å². The molecule has 2 aromatic heterocycles. The Labute approximate surface area is 98.0 Å². The minimum absolute atomic E-state index is 0.449. The van der Waals surface area contributed by atoms with Crippen molar-refractivity contribution in [2.24, 2.45) is 0 Å². The molecule has 0 atom stereocenters. The van der Waals surface area contributed by atoms with E-state index in [1.807, 2.05) is 18.2 Å². The third-order valence-electron chi connectivity index (χ3n) is 2.17. The van der Waals surface area contributed by atoms with Crippen molar-refractivity contribution in [1.29, 1.82) is 0 Å². The second-order valence-corrected chi connectivity index (χ2v) is 4.35. The second kappa shape index (κ2) is 3.15. The van der Waals surface area contributed by atoms with Crippen molar-refractivity contribution in [2.75, 3.05) is 0 Å². The molecule has 0 bridgehead atoms. The van der Waals surface area contributed by atoms with E-state index in [9.17, 15) is 0 Å². The summed E-state index contributed by atoms with van der Waals surface area (Å²) >= 11 is 9.45. The molecule has 15 heavy (non-hydrogen) atoms. The Bertz CT molecular complexity index is 664.